The van der Waals surface area contributed by atoms with Gasteiger partial charge in [-0.1, -0.05) is 24.1 Å². The molecule has 0 radical (unpaired) electrons. The van der Waals surface area contributed by atoms with Crippen molar-refractivity contribution < 1.29 is 22.7 Å². The molecule has 9 nitrogen and oxygen atoms in total. The zero-order valence-electron chi connectivity index (χ0n) is 25.8. The highest BCUT2D eigenvalue weighted by Gasteiger charge is 2.40. The zero-order valence-corrected chi connectivity index (χ0v) is 25.8. The molecule has 1 saturated carbocycles. The number of hydrogen-bond donors (Lipinski definition) is 2. The molecule has 0 spiro atoms. The Kier molecular flexibility index (Phi) is 7.51. The number of nitrogens with one attached hydrogen (secondary N) is 2. The zero-order chi connectivity index (χ0) is 32.2. The third-order valence-electron chi connectivity index (χ3n) is 9.09. The minimum atomic E-state index is -4.67. The number of carbonyl (C=O) groups is 1. The minimum absolute atomic E-state index is 0.0401. The molecule has 2 N–H and O–H groups in total. The number of aromatic nitrogens is 3. The lowest BCUT2D eigenvalue weighted by Gasteiger charge is -2.26. The van der Waals surface area contributed by atoms with Crippen LogP contribution in [0.4, 0.5) is 36.2 Å². The number of carbonyl (C=O) groups excluding carboxylic acids is 1. The molecule has 46 heavy (non-hydrogen) atoms. The van der Waals surface area contributed by atoms with E-state index in [4.69, 9.17) is 4.74 Å². The number of amides is 1. The molecule has 4 aromatic rings. The maximum absolute atomic E-state index is 14.3. The third kappa shape index (κ3) is 5.60. The lowest BCUT2D eigenvalue weighted by Crippen LogP contribution is -2.27. The fraction of sp³-hybridized carbons (Fsp3) is 0.382. The van der Waals surface area contributed by atoms with E-state index in [1.165, 1.54) is 7.11 Å². The van der Waals surface area contributed by atoms with Crippen LogP contribution in [0, 0.1) is 23.7 Å². The highest BCUT2D eigenvalue weighted by molar-refractivity contribution is 6.06. The SMILES string of the molecule is CC#CC(=O)Nc1cc(Nc2ncc(C(F)(F)F)c(-c3cn(C4CC4)c4ccccc34)n2)c(OC)cc1N1C[C@H]2CN(C)C[C@H]2C1. The lowest BCUT2D eigenvalue weighted by atomic mass is 10.0. The second-order valence-electron chi connectivity index (χ2n) is 12.3. The number of halogens is 3. The molecule has 3 fully saturated rings. The van der Waals surface area contributed by atoms with Gasteiger partial charge in [0.15, 0.2) is 0 Å². The molecule has 4 heterocycles. The number of benzene rings is 2. The van der Waals surface area contributed by atoms with Gasteiger partial charge < -0.3 is 29.7 Å². The summed E-state index contributed by atoms with van der Waals surface area (Å²) in [6, 6.07) is 11.2. The quantitative estimate of drug-likeness (QED) is 0.237. The summed E-state index contributed by atoms with van der Waals surface area (Å²) in [5, 5.41) is 6.66. The van der Waals surface area contributed by atoms with Crippen molar-refractivity contribution >= 4 is 39.8 Å². The van der Waals surface area contributed by atoms with E-state index >= 15 is 0 Å². The van der Waals surface area contributed by atoms with Crippen LogP contribution in [0.2, 0.25) is 0 Å². The molecule has 1 aliphatic carbocycles. The second kappa shape index (κ2) is 11.6. The predicted molar refractivity (Wildman–Crippen MR) is 171 cm³/mol. The molecule has 2 atom stereocenters. The number of alkyl halides is 3. The Hall–Kier alpha value is -4.76. The molecular formula is C34H34F3N7O2. The van der Waals surface area contributed by atoms with E-state index in [1.54, 1.807) is 19.2 Å². The van der Waals surface area contributed by atoms with Crippen molar-refractivity contribution in [3.8, 4) is 28.8 Å². The molecule has 2 saturated heterocycles. The van der Waals surface area contributed by atoms with Crippen molar-refractivity contribution in [3.05, 3.63) is 54.4 Å². The number of fused-ring (bicyclic) bond motifs is 2. The average Bonchev–Trinajstić information content (AvgIpc) is 3.54. The van der Waals surface area contributed by atoms with Gasteiger partial charge in [0.05, 0.1) is 29.9 Å². The van der Waals surface area contributed by atoms with E-state index in [2.05, 4.69) is 49.3 Å². The highest BCUT2D eigenvalue weighted by atomic mass is 19.4. The van der Waals surface area contributed by atoms with Crippen LogP contribution in [-0.2, 0) is 11.0 Å². The van der Waals surface area contributed by atoms with Gasteiger partial charge in [0.1, 0.15) is 11.3 Å². The second-order valence-corrected chi connectivity index (χ2v) is 12.3. The van der Waals surface area contributed by atoms with Gasteiger partial charge in [0.25, 0.3) is 5.91 Å². The number of likely N-dealkylation sites (tertiary alicyclic amines) is 1. The molecule has 0 unspecified atom stereocenters. The van der Waals surface area contributed by atoms with Gasteiger partial charge in [-0.25, -0.2) is 9.97 Å². The molecule has 2 aliphatic heterocycles. The van der Waals surface area contributed by atoms with Crippen molar-refractivity contribution in [1.82, 2.24) is 19.4 Å². The molecule has 0 bridgehead atoms. The van der Waals surface area contributed by atoms with Crippen LogP contribution in [0.5, 0.6) is 5.75 Å². The van der Waals surface area contributed by atoms with E-state index in [9.17, 15) is 18.0 Å². The van der Waals surface area contributed by atoms with E-state index in [-0.39, 0.29) is 17.7 Å². The van der Waals surface area contributed by atoms with Crippen LogP contribution in [0.3, 0.4) is 0 Å². The summed E-state index contributed by atoms with van der Waals surface area (Å²) in [7, 11) is 3.64. The number of anilines is 4. The molecule has 2 aromatic heterocycles. The molecular weight excluding hydrogens is 595 g/mol. The summed E-state index contributed by atoms with van der Waals surface area (Å²) < 4.78 is 50.8. The third-order valence-corrected chi connectivity index (χ3v) is 9.09. The molecule has 7 rings (SSSR count). The maximum Gasteiger partial charge on any atom is 0.419 e. The topological polar surface area (TPSA) is 87.5 Å². The van der Waals surface area contributed by atoms with Gasteiger partial charge in [-0.2, -0.15) is 13.2 Å². The summed E-state index contributed by atoms with van der Waals surface area (Å²) in [4.78, 5) is 25.7. The summed E-state index contributed by atoms with van der Waals surface area (Å²) in [5.41, 5.74) is 1.80. The van der Waals surface area contributed by atoms with E-state index < -0.39 is 17.6 Å². The predicted octanol–water partition coefficient (Wildman–Crippen LogP) is 6.16. The fourth-order valence-corrected chi connectivity index (χ4v) is 6.91. The van der Waals surface area contributed by atoms with Gasteiger partial charge >= 0.3 is 6.18 Å². The van der Waals surface area contributed by atoms with E-state index in [0.717, 1.165) is 56.4 Å². The van der Waals surface area contributed by atoms with Crippen molar-refractivity contribution in [2.45, 2.75) is 32.0 Å². The van der Waals surface area contributed by atoms with Crippen molar-refractivity contribution in [3.63, 3.8) is 0 Å². The van der Waals surface area contributed by atoms with Gasteiger partial charge in [-0.05, 0) is 56.7 Å². The number of methoxy groups -OCH3 is 1. The Balaban J connectivity index is 1.29. The molecule has 1 amide bonds. The first-order valence-corrected chi connectivity index (χ1v) is 15.3. The molecule has 12 heteroatoms. The maximum atomic E-state index is 14.3. The Labute approximate surface area is 264 Å². The van der Waals surface area contributed by atoms with Gasteiger partial charge in [0, 0.05) is 67.1 Å². The van der Waals surface area contributed by atoms with Crippen LogP contribution in [0.15, 0.2) is 48.8 Å². The van der Waals surface area contributed by atoms with Crippen molar-refractivity contribution in [2.75, 3.05) is 55.9 Å². The fourth-order valence-electron chi connectivity index (χ4n) is 6.91. The van der Waals surface area contributed by atoms with Crippen LogP contribution in [0.25, 0.3) is 22.2 Å². The first-order valence-electron chi connectivity index (χ1n) is 15.3. The first-order chi connectivity index (χ1) is 22.1. The van der Waals surface area contributed by atoms with E-state index in [0.29, 0.717) is 39.9 Å². The van der Waals surface area contributed by atoms with Gasteiger partial charge in [0.2, 0.25) is 5.95 Å². The minimum Gasteiger partial charge on any atom is -0.494 e. The van der Waals surface area contributed by atoms with Crippen LogP contribution >= 0.6 is 0 Å². The highest BCUT2D eigenvalue weighted by Crippen LogP contribution is 2.45. The van der Waals surface area contributed by atoms with E-state index in [1.807, 2.05) is 34.9 Å². The number of ether oxygens (including phenoxy) is 1. The molecule has 3 aliphatic rings. The lowest BCUT2D eigenvalue weighted by molar-refractivity contribution is -0.137. The van der Waals surface area contributed by atoms with Crippen LogP contribution in [0.1, 0.15) is 31.4 Å². The summed E-state index contributed by atoms with van der Waals surface area (Å²) in [5.74, 6) is 6.08. The summed E-state index contributed by atoms with van der Waals surface area (Å²) in [6.45, 7) is 5.25. The standard InChI is InChI=1S/C34H34F3N7O2/c1-4-7-31(45)39-26-12-27(30(46-3)13-29(26)43-17-20-15-42(2)16-21(20)18-43)40-33-38-14-25(34(35,36)37)32(41-33)24-19-44(22-10-11-22)28-9-6-5-8-23(24)28/h5-6,8-9,12-14,19-22H,10-11,15-18H2,1-3H3,(H,39,45)(H,38,40,41)/t20-,21+. The van der Waals surface area contributed by atoms with Crippen molar-refractivity contribution in [1.29, 1.82) is 0 Å². The normalized spacial score (nSPS) is 19.6. The summed E-state index contributed by atoms with van der Waals surface area (Å²) in [6.07, 6.45) is -0.125. The Bertz CT molecular complexity index is 1880. The Morgan fingerprint density at radius 3 is 2.48 bits per heavy atom. The number of hydrogen-bond acceptors (Lipinski definition) is 7. The molecule has 2 aromatic carbocycles. The van der Waals surface area contributed by atoms with Crippen LogP contribution in [-0.4, -0.2) is 65.7 Å². The Morgan fingerprint density at radius 2 is 1.80 bits per heavy atom. The van der Waals surface area contributed by atoms with Gasteiger partial charge in [-0.3, -0.25) is 4.79 Å². The largest absolute Gasteiger partial charge is 0.494 e. The monoisotopic (exact) mass is 629 g/mol. The number of nitrogens with zero attached hydrogens (tertiary/aromatic N) is 5. The van der Waals surface area contributed by atoms with Crippen LogP contribution < -0.4 is 20.3 Å². The van der Waals surface area contributed by atoms with Crippen molar-refractivity contribution in [2.24, 2.45) is 11.8 Å². The number of rotatable bonds is 7. The average molecular weight is 630 g/mol. The Morgan fingerprint density at radius 1 is 1.07 bits per heavy atom. The molecule has 238 valence electrons. The van der Waals surface area contributed by atoms with Gasteiger partial charge in [-0.15, -0.1) is 0 Å². The number of para-hydroxylation sites is 1. The smallest absolute Gasteiger partial charge is 0.419 e. The first kappa shape index (κ1) is 29.9. The summed E-state index contributed by atoms with van der Waals surface area (Å²) >= 11 is 0.